The summed E-state index contributed by atoms with van der Waals surface area (Å²) in [7, 11) is 0. The Morgan fingerprint density at radius 1 is 0.404 bits per heavy atom. The quantitative estimate of drug-likeness (QED) is 0.166. The first-order valence-electron chi connectivity index (χ1n) is 18.8. The monoisotopic (exact) mass is 668 g/mol. The summed E-state index contributed by atoms with van der Waals surface area (Å²) in [6.07, 6.45) is 4.13. The van der Waals surface area contributed by atoms with Crippen LogP contribution < -0.4 is 0 Å². The summed E-state index contributed by atoms with van der Waals surface area (Å²) in [4.78, 5) is 0. The van der Waals surface area contributed by atoms with Crippen molar-refractivity contribution in [2.45, 2.75) is 64.2 Å². The Hall–Kier alpha value is -5.96. The fourth-order valence-corrected chi connectivity index (χ4v) is 10.2. The van der Waals surface area contributed by atoms with Gasteiger partial charge in [-0.2, -0.15) is 10.5 Å². The fraction of sp³-hybridized carbons (Fsp3) is 0.200. The molecule has 2 heteroatoms. The van der Waals surface area contributed by atoms with Crippen LogP contribution in [0.5, 0.6) is 0 Å². The molecule has 52 heavy (non-hydrogen) atoms. The summed E-state index contributed by atoms with van der Waals surface area (Å²) in [6, 6.07) is 48.8. The highest BCUT2D eigenvalue weighted by atomic mass is 14.5. The van der Waals surface area contributed by atoms with Crippen molar-refractivity contribution >= 4 is 21.5 Å². The zero-order valence-corrected chi connectivity index (χ0v) is 30.3. The summed E-state index contributed by atoms with van der Waals surface area (Å²) in [5, 5.41) is 24.1. The van der Waals surface area contributed by atoms with Gasteiger partial charge in [0.05, 0.1) is 23.3 Å². The van der Waals surface area contributed by atoms with Gasteiger partial charge in [-0.05, 0) is 163 Å². The molecule has 0 radical (unpaired) electrons. The van der Waals surface area contributed by atoms with E-state index in [1.807, 2.05) is 24.3 Å². The van der Waals surface area contributed by atoms with Gasteiger partial charge in [0, 0.05) is 10.8 Å². The standard InChI is InChI=1S/C50H40N2/c1-5-49(6-2)43-16-12-11-13-35(43)39-26-45-40(27-44(39)49)38-25-41-42(28-46(38)50(45,7-3)8-4)48(34-23-19-32(30-52)20-24-34)37-15-10-9-14-36(37)47(41)33-21-17-31(29-51)18-22-33/h9-28H,5-8H2,1-4H3. The van der Waals surface area contributed by atoms with E-state index < -0.39 is 0 Å². The van der Waals surface area contributed by atoms with E-state index in [0.29, 0.717) is 11.1 Å². The Morgan fingerprint density at radius 3 is 1.31 bits per heavy atom. The molecule has 9 rings (SSSR count). The molecule has 0 spiro atoms. The average Bonchev–Trinajstić information content (AvgIpc) is 3.64. The van der Waals surface area contributed by atoms with Crippen LogP contribution in [-0.2, 0) is 10.8 Å². The smallest absolute Gasteiger partial charge is 0.0991 e. The molecule has 0 N–H and O–H groups in total. The van der Waals surface area contributed by atoms with Crippen molar-refractivity contribution in [3.63, 3.8) is 0 Å². The van der Waals surface area contributed by atoms with Gasteiger partial charge in [0.1, 0.15) is 0 Å². The molecule has 0 aliphatic heterocycles. The maximum Gasteiger partial charge on any atom is 0.0991 e. The SMILES string of the molecule is CCC1(CC)c2ccccc2-c2cc3c(cc21)-c1cc2c(-c4ccc(C#N)cc4)c4ccccc4c(-c4ccc(C#N)cc4)c2cc1C3(CC)CC. The molecule has 2 aliphatic rings. The van der Waals surface area contributed by atoms with Crippen molar-refractivity contribution in [2.75, 3.05) is 0 Å². The number of nitrogens with zero attached hydrogens (tertiary/aromatic N) is 2. The molecule has 0 aromatic heterocycles. The molecule has 0 heterocycles. The highest BCUT2D eigenvalue weighted by molar-refractivity contribution is 6.22. The lowest BCUT2D eigenvalue weighted by Crippen LogP contribution is -2.24. The first-order valence-corrected chi connectivity index (χ1v) is 18.8. The van der Waals surface area contributed by atoms with E-state index in [1.165, 1.54) is 77.2 Å². The van der Waals surface area contributed by atoms with E-state index in [-0.39, 0.29) is 10.8 Å². The van der Waals surface area contributed by atoms with Crippen molar-refractivity contribution in [2.24, 2.45) is 0 Å². The Kier molecular flexibility index (Phi) is 7.26. The Morgan fingerprint density at radius 2 is 0.808 bits per heavy atom. The van der Waals surface area contributed by atoms with E-state index in [2.05, 4.69) is 137 Å². The third-order valence-corrected chi connectivity index (χ3v) is 12.9. The van der Waals surface area contributed by atoms with Crippen molar-refractivity contribution in [1.82, 2.24) is 0 Å². The highest BCUT2D eigenvalue weighted by Crippen LogP contribution is 2.60. The maximum atomic E-state index is 9.66. The van der Waals surface area contributed by atoms with Crippen molar-refractivity contribution in [1.29, 1.82) is 10.5 Å². The lowest BCUT2D eigenvalue weighted by atomic mass is 9.71. The van der Waals surface area contributed by atoms with Crippen LogP contribution in [0, 0.1) is 22.7 Å². The molecule has 0 saturated carbocycles. The highest BCUT2D eigenvalue weighted by Gasteiger charge is 2.46. The second-order valence-electron chi connectivity index (χ2n) is 14.7. The minimum atomic E-state index is -0.130. The van der Waals surface area contributed by atoms with E-state index in [4.69, 9.17) is 0 Å². The number of hydrogen-bond acceptors (Lipinski definition) is 2. The molecular formula is C50H40N2. The Balaban J connectivity index is 1.43. The van der Waals surface area contributed by atoms with Crippen LogP contribution in [-0.4, -0.2) is 0 Å². The average molecular weight is 669 g/mol. The van der Waals surface area contributed by atoms with Gasteiger partial charge in [-0.3, -0.25) is 0 Å². The van der Waals surface area contributed by atoms with Gasteiger partial charge in [0.25, 0.3) is 0 Å². The van der Waals surface area contributed by atoms with Crippen LogP contribution in [0.15, 0.2) is 121 Å². The van der Waals surface area contributed by atoms with Gasteiger partial charge in [-0.15, -0.1) is 0 Å². The first-order chi connectivity index (χ1) is 25.5. The van der Waals surface area contributed by atoms with E-state index >= 15 is 0 Å². The number of fused-ring (bicyclic) bond motifs is 8. The lowest BCUT2D eigenvalue weighted by molar-refractivity contribution is 0.485. The predicted molar refractivity (Wildman–Crippen MR) is 215 cm³/mol. The second kappa shape index (κ2) is 11.8. The summed E-state index contributed by atoms with van der Waals surface area (Å²) in [5.74, 6) is 0. The molecule has 2 nitrogen and oxygen atoms in total. The van der Waals surface area contributed by atoms with Crippen molar-refractivity contribution < 1.29 is 0 Å². The molecular weight excluding hydrogens is 629 g/mol. The molecule has 0 amide bonds. The molecule has 250 valence electrons. The molecule has 7 aromatic rings. The van der Waals surface area contributed by atoms with E-state index in [1.54, 1.807) is 0 Å². The van der Waals surface area contributed by atoms with Crippen molar-refractivity contribution in [3.05, 3.63) is 155 Å². The number of hydrogen-bond donors (Lipinski definition) is 0. The van der Waals surface area contributed by atoms with Crippen LogP contribution in [0.4, 0.5) is 0 Å². The maximum absolute atomic E-state index is 9.66. The third-order valence-electron chi connectivity index (χ3n) is 12.9. The molecule has 0 atom stereocenters. The van der Waals surface area contributed by atoms with Gasteiger partial charge >= 0.3 is 0 Å². The summed E-state index contributed by atoms with van der Waals surface area (Å²) in [6.45, 7) is 9.43. The molecule has 2 aliphatic carbocycles. The lowest BCUT2D eigenvalue weighted by Gasteiger charge is -2.32. The molecule has 0 saturated heterocycles. The van der Waals surface area contributed by atoms with Gasteiger partial charge < -0.3 is 0 Å². The van der Waals surface area contributed by atoms with E-state index in [0.717, 1.165) is 36.8 Å². The van der Waals surface area contributed by atoms with Crippen LogP contribution in [0.1, 0.15) is 86.8 Å². The zero-order chi connectivity index (χ0) is 35.8. The Labute approximate surface area is 306 Å². The topological polar surface area (TPSA) is 47.6 Å². The van der Waals surface area contributed by atoms with Gasteiger partial charge in [0.2, 0.25) is 0 Å². The van der Waals surface area contributed by atoms with Gasteiger partial charge in [-0.25, -0.2) is 0 Å². The number of benzene rings is 7. The number of nitriles is 2. The van der Waals surface area contributed by atoms with E-state index in [9.17, 15) is 10.5 Å². The van der Waals surface area contributed by atoms with Crippen LogP contribution in [0.25, 0.3) is 66.1 Å². The number of rotatable bonds is 6. The summed E-state index contributed by atoms with van der Waals surface area (Å²) >= 11 is 0. The van der Waals surface area contributed by atoms with Gasteiger partial charge in [0.15, 0.2) is 0 Å². The Bertz CT molecular complexity index is 2670. The molecule has 0 fully saturated rings. The van der Waals surface area contributed by atoms with Gasteiger partial charge in [-0.1, -0.05) is 100 Å². The minimum absolute atomic E-state index is 0.00570. The molecule has 0 bridgehead atoms. The second-order valence-corrected chi connectivity index (χ2v) is 14.7. The molecule has 7 aromatic carbocycles. The summed E-state index contributed by atoms with van der Waals surface area (Å²) < 4.78 is 0. The van der Waals surface area contributed by atoms with Crippen molar-refractivity contribution in [3.8, 4) is 56.6 Å². The predicted octanol–water partition coefficient (Wildman–Crippen LogP) is 13.2. The van der Waals surface area contributed by atoms with Crippen LogP contribution in [0.2, 0.25) is 0 Å². The zero-order valence-electron chi connectivity index (χ0n) is 30.3. The normalized spacial score (nSPS) is 14.3. The molecule has 0 unspecified atom stereocenters. The fourth-order valence-electron chi connectivity index (χ4n) is 10.2. The van der Waals surface area contributed by atoms with Crippen LogP contribution >= 0.6 is 0 Å². The largest absolute Gasteiger partial charge is 0.192 e. The summed E-state index contributed by atoms with van der Waals surface area (Å²) in [5.41, 5.74) is 17.1. The third kappa shape index (κ3) is 4.16. The van der Waals surface area contributed by atoms with Crippen LogP contribution in [0.3, 0.4) is 0 Å². The minimum Gasteiger partial charge on any atom is -0.192 e. The first kappa shape index (κ1) is 32.0.